The lowest BCUT2D eigenvalue weighted by molar-refractivity contribution is -0.121. The van der Waals surface area contributed by atoms with Gasteiger partial charge in [-0.15, -0.1) is 0 Å². The predicted molar refractivity (Wildman–Crippen MR) is 119 cm³/mol. The minimum Gasteiger partial charge on any atom is -0.507 e. The van der Waals surface area contributed by atoms with E-state index in [1.807, 2.05) is 12.1 Å². The summed E-state index contributed by atoms with van der Waals surface area (Å²) in [6.07, 6.45) is 1.36. The Hall–Kier alpha value is -3.58. The summed E-state index contributed by atoms with van der Waals surface area (Å²) in [6.45, 7) is 3.67. The highest BCUT2D eigenvalue weighted by molar-refractivity contribution is 6.30. The number of rotatable bonds is 7. The van der Waals surface area contributed by atoms with E-state index in [0.717, 1.165) is 5.56 Å². The summed E-state index contributed by atoms with van der Waals surface area (Å²) in [7, 11) is 0. The molecule has 0 radical (unpaired) electrons. The minimum atomic E-state index is -0.452. The lowest BCUT2D eigenvalue weighted by Gasteiger charge is -2.11. The molecule has 0 aliphatic heterocycles. The summed E-state index contributed by atoms with van der Waals surface area (Å²) in [6, 6.07) is 15.5. The SMILES string of the molecule is CCOC(=O)c1cc(-c2ccc(Cl)cc2)n(CC(=O)N/N=C/c2ccccc2O)c1C. The van der Waals surface area contributed by atoms with Crippen LogP contribution in [0.1, 0.15) is 28.5 Å². The number of hydrogen-bond acceptors (Lipinski definition) is 5. The van der Waals surface area contributed by atoms with Crippen molar-refractivity contribution in [2.75, 3.05) is 6.61 Å². The van der Waals surface area contributed by atoms with E-state index in [4.69, 9.17) is 16.3 Å². The first-order valence-electron chi connectivity index (χ1n) is 9.63. The molecule has 0 aliphatic rings. The molecular formula is C23H22ClN3O4. The van der Waals surface area contributed by atoms with Crippen LogP contribution in [0.4, 0.5) is 0 Å². The van der Waals surface area contributed by atoms with E-state index in [0.29, 0.717) is 27.5 Å². The Kier molecular flexibility index (Phi) is 7.10. The molecule has 0 saturated carbocycles. The van der Waals surface area contributed by atoms with Gasteiger partial charge in [0.2, 0.25) is 0 Å². The number of nitrogens with zero attached hydrogens (tertiary/aromatic N) is 2. The Labute approximate surface area is 184 Å². The molecule has 0 saturated heterocycles. The second kappa shape index (κ2) is 9.95. The molecule has 1 amide bonds. The topological polar surface area (TPSA) is 92.9 Å². The molecule has 3 rings (SSSR count). The van der Waals surface area contributed by atoms with E-state index in [2.05, 4.69) is 10.5 Å². The molecule has 8 heteroatoms. The monoisotopic (exact) mass is 439 g/mol. The number of esters is 1. The third-order valence-electron chi connectivity index (χ3n) is 4.63. The Morgan fingerprint density at radius 1 is 1.19 bits per heavy atom. The number of halogens is 1. The lowest BCUT2D eigenvalue weighted by Crippen LogP contribution is -2.24. The summed E-state index contributed by atoms with van der Waals surface area (Å²) in [4.78, 5) is 24.9. The average molecular weight is 440 g/mol. The van der Waals surface area contributed by atoms with Gasteiger partial charge in [-0.05, 0) is 49.7 Å². The highest BCUT2D eigenvalue weighted by atomic mass is 35.5. The van der Waals surface area contributed by atoms with E-state index < -0.39 is 11.9 Å². The maximum Gasteiger partial charge on any atom is 0.339 e. The molecule has 7 nitrogen and oxygen atoms in total. The van der Waals surface area contributed by atoms with Crippen molar-refractivity contribution < 1.29 is 19.4 Å². The van der Waals surface area contributed by atoms with Gasteiger partial charge in [-0.2, -0.15) is 5.10 Å². The third kappa shape index (κ3) is 5.32. The van der Waals surface area contributed by atoms with Crippen molar-refractivity contribution in [3.63, 3.8) is 0 Å². The van der Waals surface area contributed by atoms with E-state index in [1.54, 1.807) is 54.8 Å². The highest BCUT2D eigenvalue weighted by Gasteiger charge is 2.21. The van der Waals surface area contributed by atoms with Crippen molar-refractivity contribution in [2.24, 2.45) is 5.10 Å². The summed E-state index contributed by atoms with van der Waals surface area (Å²) >= 11 is 5.99. The first-order valence-corrected chi connectivity index (χ1v) is 10.0. The van der Waals surface area contributed by atoms with Crippen LogP contribution in [0.5, 0.6) is 5.75 Å². The van der Waals surface area contributed by atoms with Gasteiger partial charge in [0.15, 0.2) is 0 Å². The average Bonchev–Trinajstić information content (AvgIpc) is 3.06. The number of amides is 1. The van der Waals surface area contributed by atoms with Crippen LogP contribution in [-0.4, -0.2) is 34.4 Å². The number of carbonyl (C=O) groups excluding carboxylic acids is 2. The van der Waals surface area contributed by atoms with Crippen LogP contribution < -0.4 is 5.43 Å². The molecule has 3 aromatic rings. The number of aromatic hydroxyl groups is 1. The van der Waals surface area contributed by atoms with Crippen LogP contribution in [0.25, 0.3) is 11.3 Å². The van der Waals surface area contributed by atoms with Crippen LogP contribution in [0.3, 0.4) is 0 Å². The number of aromatic nitrogens is 1. The van der Waals surface area contributed by atoms with Crippen LogP contribution in [0, 0.1) is 6.92 Å². The molecule has 31 heavy (non-hydrogen) atoms. The number of nitrogens with one attached hydrogen (secondary N) is 1. The van der Waals surface area contributed by atoms with Gasteiger partial charge in [0.1, 0.15) is 12.3 Å². The van der Waals surface area contributed by atoms with E-state index in [1.165, 1.54) is 12.3 Å². The molecule has 0 atom stereocenters. The van der Waals surface area contributed by atoms with Crippen molar-refractivity contribution >= 4 is 29.7 Å². The van der Waals surface area contributed by atoms with Crippen molar-refractivity contribution in [3.8, 4) is 17.0 Å². The first-order chi connectivity index (χ1) is 14.9. The number of phenols is 1. The Bertz CT molecular complexity index is 1120. The smallest absolute Gasteiger partial charge is 0.339 e. The predicted octanol–water partition coefficient (Wildman–Crippen LogP) is 4.15. The molecule has 0 spiro atoms. The quantitative estimate of drug-likeness (QED) is 0.328. The maximum absolute atomic E-state index is 12.5. The van der Waals surface area contributed by atoms with Gasteiger partial charge in [-0.1, -0.05) is 35.9 Å². The standard InChI is InChI=1S/C23H22ClN3O4/c1-3-31-23(30)19-12-20(16-8-10-18(24)11-9-16)27(15(19)2)14-22(29)26-25-13-17-6-4-5-7-21(17)28/h4-13,28H,3,14H2,1-2H3,(H,26,29)/b25-13+. The summed E-state index contributed by atoms with van der Waals surface area (Å²) in [5.41, 5.74) is 5.39. The van der Waals surface area contributed by atoms with Crippen LogP contribution in [-0.2, 0) is 16.1 Å². The highest BCUT2D eigenvalue weighted by Crippen LogP contribution is 2.27. The van der Waals surface area contributed by atoms with Crippen molar-refractivity contribution in [1.29, 1.82) is 0 Å². The van der Waals surface area contributed by atoms with E-state index in [-0.39, 0.29) is 18.9 Å². The summed E-state index contributed by atoms with van der Waals surface area (Å²) in [5.74, 6) is -0.784. The number of benzene rings is 2. The molecule has 0 fully saturated rings. The summed E-state index contributed by atoms with van der Waals surface area (Å²) in [5, 5.41) is 14.3. The Morgan fingerprint density at radius 3 is 2.58 bits per heavy atom. The Morgan fingerprint density at radius 2 is 1.90 bits per heavy atom. The van der Waals surface area contributed by atoms with Gasteiger partial charge in [0.05, 0.1) is 18.4 Å². The third-order valence-corrected chi connectivity index (χ3v) is 4.89. The van der Waals surface area contributed by atoms with Crippen molar-refractivity contribution in [1.82, 2.24) is 9.99 Å². The van der Waals surface area contributed by atoms with Crippen molar-refractivity contribution in [3.05, 3.63) is 76.4 Å². The fraction of sp³-hybridized carbons (Fsp3) is 0.174. The fourth-order valence-electron chi connectivity index (χ4n) is 3.07. The molecular weight excluding hydrogens is 418 g/mol. The molecule has 0 aliphatic carbocycles. The minimum absolute atomic E-state index is 0.0610. The van der Waals surface area contributed by atoms with E-state index >= 15 is 0 Å². The van der Waals surface area contributed by atoms with Gasteiger partial charge in [-0.3, -0.25) is 4.79 Å². The number of carbonyl (C=O) groups is 2. The number of para-hydroxylation sites is 1. The molecule has 1 heterocycles. The number of phenolic OH excluding ortho intramolecular Hbond substituents is 1. The number of ether oxygens (including phenoxy) is 1. The van der Waals surface area contributed by atoms with Gasteiger partial charge >= 0.3 is 5.97 Å². The first kappa shape index (κ1) is 22.1. The molecule has 0 unspecified atom stereocenters. The molecule has 1 aromatic heterocycles. The maximum atomic E-state index is 12.5. The van der Waals surface area contributed by atoms with Crippen LogP contribution in [0.2, 0.25) is 5.02 Å². The van der Waals surface area contributed by atoms with Crippen LogP contribution in [0.15, 0.2) is 59.7 Å². The van der Waals surface area contributed by atoms with E-state index in [9.17, 15) is 14.7 Å². The largest absolute Gasteiger partial charge is 0.507 e. The second-order valence-electron chi connectivity index (χ2n) is 6.69. The zero-order valence-electron chi connectivity index (χ0n) is 17.1. The molecule has 2 N–H and O–H groups in total. The molecule has 2 aromatic carbocycles. The molecule has 0 bridgehead atoms. The van der Waals surface area contributed by atoms with Gasteiger partial charge in [-0.25, -0.2) is 10.2 Å². The van der Waals surface area contributed by atoms with Gasteiger partial charge in [0, 0.05) is 22.0 Å². The number of hydrogen-bond donors (Lipinski definition) is 2. The molecule has 160 valence electrons. The summed E-state index contributed by atoms with van der Waals surface area (Å²) < 4.78 is 6.86. The number of hydrazone groups is 1. The zero-order chi connectivity index (χ0) is 22.4. The fourth-order valence-corrected chi connectivity index (χ4v) is 3.20. The second-order valence-corrected chi connectivity index (χ2v) is 7.13. The zero-order valence-corrected chi connectivity index (χ0v) is 17.9. The Balaban J connectivity index is 1.86. The van der Waals surface area contributed by atoms with Gasteiger partial charge < -0.3 is 14.4 Å². The van der Waals surface area contributed by atoms with Crippen molar-refractivity contribution in [2.45, 2.75) is 20.4 Å². The lowest BCUT2D eigenvalue weighted by atomic mass is 10.1. The van der Waals surface area contributed by atoms with Crippen LogP contribution >= 0.6 is 11.6 Å². The van der Waals surface area contributed by atoms with Gasteiger partial charge in [0.25, 0.3) is 5.91 Å². The normalized spacial score (nSPS) is 10.9.